The molecule has 6 heteroatoms. The lowest BCUT2D eigenvalue weighted by Crippen LogP contribution is -2.34. The molecule has 0 radical (unpaired) electrons. The van der Waals surface area contributed by atoms with Gasteiger partial charge < -0.3 is 9.64 Å². The molecule has 2 aromatic heterocycles. The molecule has 0 N–H and O–H groups in total. The normalized spacial score (nSPS) is 21.0. The highest BCUT2D eigenvalue weighted by Gasteiger charge is 2.36. The molecular weight excluding hydrogens is 280 g/mol. The number of carbonyl (C=O) groups is 1. The molecule has 22 heavy (non-hydrogen) atoms. The van der Waals surface area contributed by atoms with Gasteiger partial charge in [-0.05, 0) is 24.1 Å². The highest BCUT2D eigenvalue weighted by atomic mass is 16.5. The van der Waals surface area contributed by atoms with Crippen molar-refractivity contribution in [3.63, 3.8) is 0 Å². The first-order valence-corrected chi connectivity index (χ1v) is 7.40. The molecule has 1 amide bonds. The minimum atomic E-state index is -0.199. The zero-order valence-corrected chi connectivity index (χ0v) is 12.8. The van der Waals surface area contributed by atoms with Gasteiger partial charge >= 0.3 is 0 Å². The van der Waals surface area contributed by atoms with Gasteiger partial charge in [0.2, 0.25) is 5.91 Å². The van der Waals surface area contributed by atoms with Gasteiger partial charge in [-0.3, -0.25) is 14.5 Å². The standard InChI is InChI=1S/C16H20N4O2/c1-19(11-13-5-8-18-20(13)2)16(21)14-6-9-22-15(14)12-4-3-7-17-10-12/h3-5,7-8,10,14-15H,6,9,11H2,1-2H3/t14-,15+/m0/s1. The van der Waals surface area contributed by atoms with E-state index in [0.717, 1.165) is 17.7 Å². The third kappa shape index (κ3) is 2.87. The maximum absolute atomic E-state index is 12.8. The summed E-state index contributed by atoms with van der Waals surface area (Å²) >= 11 is 0. The Bertz CT molecular complexity index is 641. The highest BCUT2D eigenvalue weighted by molar-refractivity contribution is 5.79. The van der Waals surface area contributed by atoms with E-state index < -0.39 is 0 Å². The molecule has 0 spiro atoms. The third-order valence-electron chi connectivity index (χ3n) is 4.12. The average molecular weight is 300 g/mol. The summed E-state index contributed by atoms with van der Waals surface area (Å²) < 4.78 is 7.56. The van der Waals surface area contributed by atoms with Gasteiger partial charge in [-0.2, -0.15) is 5.10 Å². The minimum absolute atomic E-state index is 0.104. The average Bonchev–Trinajstić information content (AvgIpc) is 3.17. The summed E-state index contributed by atoms with van der Waals surface area (Å²) in [5, 5.41) is 4.13. The molecule has 3 rings (SSSR count). The summed E-state index contributed by atoms with van der Waals surface area (Å²) in [6.45, 7) is 1.15. The minimum Gasteiger partial charge on any atom is -0.373 e. The maximum atomic E-state index is 12.8. The fraction of sp³-hybridized carbons (Fsp3) is 0.438. The van der Waals surface area contributed by atoms with Crippen LogP contribution in [0.4, 0.5) is 0 Å². The Balaban J connectivity index is 1.72. The number of rotatable bonds is 4. The van der Waals surface area contributed by atoms with Crippen LogP contribution in [-0.4, -0.2) is 39.2 Å². The summed E-state index contributed by atoms with van der Waals surface area (Å²) in [5.74, 6) is -0.0463. The Labute approximate surface area is 129 Å². The van der Waals surface area contributed by atoms with Crippen molar-refractivity contribution in [1.29, 1.82) is 0 Å². The molecule has 1 saturated heterocycles. The van der Waals surface area contributed by atoms with Gasteiger partial charge in [-0.25, -0.2) is 0 Å². The quantitative estimate of drug-likeness (QED) is 0.859. The second kappa shape index (κ2) is 6.27. The number of hydrogen-bond acceptors (Lipinski definition) is 4. The molecule has 3 heterocycles. The Hall–Kier alpha value is -2.21. The summed E-state index contributed by atoms with van der Waals surface area (Å²) in [5.41, 5.74) is 1.97. The molecule has 2 atom stereocenters. The third-order valence-corrected chi connectivity index (χ3v) is 4.12. The van der Waals surface area contributed by atoms with Gasteiger partial charge in [-0.1, -0.05) is 6.07 Å². The van der Waals surface area contributed by atoms with Gasteiger partial charge in [0.05, 0.1) is 24.3 Å². The van der Waals surface area contributed by atoms with Crippen LogP contribution < -0.4 is 0 Å². The first-order valence-electron chi connectivity index (χ1n) is 7.40. The van der Waals surface area contributed by atoms with E-state index in [9.17, 15) is 4.79 Å². The second-order valence-electron chi connectivity index (χ2n) is 5.61. The van der Waals surface area contributed by atoms with Crippen LogP contribution in [0.15, 0.2) is 36.8 Å². The van der Waals surface area contributed by atoms with Crippen molar-refractivity contribution in [3.05, 3.63) is 48.0 Å². The molecule has 6 nitrogen and oxygen atoms in total. The van der Waals surface area contributed by atoms with Crippen LogP contribution in [0.3, 0.4) is 0 Å². The largest absolute Gasteiger partial charge is 0.373 e. The van der Waals surface area contributed by atoms with Gasteiger partial charge in [0, 0.05) is 39.3 Å². The van der Waals surface area contributed by atoms with Crippen LogP contribution in [0.25, 0.3) is 0 Å². The van der Waals surface area contributed by atoms with E-state index in [1.54, 1.807) is 28.2 Å². The molecule has 116 valence electrons. The van der Waals surface area contributed by atoms with Gasteiger partial charge in [0.25, 0.3) is 0 Å². The summed E-state index contributed by atoms with van der Waals surface area (Å²) in [7, 11) is 3.71. The fourth-order valence-corrected chi connectivity index (χ4v) is 2.88. The van der Waals surface area contributed by atoms with Crippen molar-refractivity contribution in [2.75, 3.05) is 13.7 Å². The van der Waals surface area contributed by atoms with Gasteiger partial charge in [0.1, 0.15) is 0 Å². The number of aryl methyl sites for hydroxylation is 1. The molecule has 0 aliphatic carbocycles. The van der Waals surface area contributed by atoms with Crippen molar-refractivity contribution in [3.8, 4) is 0 Å². The van der Waals surface area contributed by atoms with E-state index in [0.29, 0.717) is 13.2 Å². The van der Waals surface area contributed by atoms with Crippen molar-refractivity contribution in [2.24, 2.45) is 13.0 Å². The molecular formula is C16H20N4O2. The lowest BCUT2D eigenvalue weighted by molar-refractivity contribution is -0.136. The molecule has 0 bridgehead atoms. The summed E-state index contributed by atoms with van der Waals surface area (Å²) in [6.07, 6.45) is 5.79. The van der Waals surface area contributed by atoms with Crippen LogP contribution in [0.5, 0.6) is 0 Å². The number of amides is 1. The van der Waals surface area contributed by atoms with E-state index in [-0.39, 0.29) is 17.9 Å². The Morgan fingerprint density at radius 2 is 2.32 bits per heavy atom. The number of pyridine rings is 1. The molecule has 0 saturated carbocycles. The smallest absolute Gasteiger partial charge is 0.228 e. The maximum Gasteiger partial charge on any atom is 0.228 e. The molecule has 1 aliphatic heterocycles. The fourth-order valence-electron chi connectivity index (χ4n) is 2.88. The SMILES string of the molecule is CN(Cc1ccnn1C)C(=O)[C@H]1CCO[C@@H]1c1cccnc1. The summed E-state index contributed by atoms with van der Waals surface area (Å²) in [6, 6.07) is 5.76. The Morgan fingerprint density at radius 3 is 3.00 bits per heavy atom. The predicted molar refractivity (Wildman–Crippen MR) is 80.7 cm³/mol. The number of hydrogen-bond donors (Lipinski definition) is 0. The van der Waals surface area contributed by atoms with Crippen LogP contribution >= 0.6 is 0 Å². The monoisotopic (exact) mass is 300 g/mol. The Morgan fingerprint density at radius 1 is 1.45 bits per heavy atom. The van der Waals surface area contributed by atoms with Crippen LogP contribution in [0.1, 0.15) is 23.8 Å². The van der Waals surface area contributed by atoms with E-state index >= 15 is 0 Å². The zero-order chi connectivity index (χ0) is 15.5. The van der Waals surface area contributed by atoms with Crippen LogP contribution in [0, 0.1) is 5.92 Å². The number of carbonyl (C=O) groups excluding carboxylic acids is 1. The number of aromatic nitrogens is 3. The predicted octanol–water partition coefficient (Wildman–Crippen LogP) is 1.55. The Kier molecular flexibility index (Phi) is 4.20. The van der Waals surface area contributed by atoms with E-state index in [4.69, 9.17) is 4.74 Å². The lowest BCUT2D eigenvalue weighted by Gasteiger charge is -2.24. The van der Waals surface area contributed by atoms with Crippen LogP contribution in [-0.2, 0) is 23.1 Å². The van der Waals surface area contributed by atoms with E-state index in [2.05, 4.69) is 10.1 Å². The molecule has 1 fully saturated rings. The van der Waals surface area contributed by atoms with Gasteiger partial charge in [0.15, 0.2) is 0 Å². The van der Waals surface area contributed by atoms with Crippen molar-refractivity contribution in [2.45, 2.75) is 19.1 Å². The summed E-state index contributed by atoms with van der Waals surface area (Å²) in [4.78, 5) is 18.6. The first kappa shape index (κ1) is 14.7. The number of ether oxygens (including phenoxy) is 1. The molecule has 0 aromatic carbocycles. The topological polar surface area (TPSA) is 60.2 Å². The first-order chi connectivity index (χ1) is 10.7. The highest BCUT2D eigenvalue weighted by Crippen LogP contribution is 2.35. The molecule has 2 aromatic rings. The zero-order valence-electron chi connectivity index (χ0n) is 12.8. The van der Waals surface area contributed by atoms with Crippen molar-refractivity contribution < 1.29 is 9.53 Å². The van der Waals surface area contributed by atoms with Crippen LogP contribution in [0.2, 0.25) is 0 Å². The van der Waals surface area contributed by atoms with E-state index in [1.165, 1.54) is 0 Å². The van der Waals surface area contributed by atoms with Crippen molar-refractivity contribution >= 4 is 5.91 Å². The molecule has 0 unspecified atom stereocenters. The lowest BCUT2D eigenvalue weighted by atomic mass is 9.95. The second-order valence-corrected chi connectivity index (χ2v) is 5.61. The van der Waals surface area contributed by atoms with E-state index in [1.807, 2.05) is 32.3 Å². The van der Waals surface area contributed by atoms with Crippen molar-refractivity contribution in [1.82, 2.24) is 19.7 Å². The van der Waals surface area contributed by atoms with Gasteiger partial charge in [-0.15, -0.1) is 0 Å². The number of nitrogens with zero attached hydrogens (tertiary/aromatic N) is 4. The molecule has 1 aliphatic rings.